The summed E-state index contributed by atoms with van der Waals surface area (Å²) in [5.41, 5.74) is 32.6. The van der Waals surface area contributed by atoms with Gasteiger partial charge in [-0.25, -0.2) is 38.6 Å². The number of furan rings is 5. The molecule has 662 valence electrons. The molecule has 15 aromatic heterocycles. The molecule has 0 fully saturated rings. The largest absolute Gasteiger partial charge is 0.437 e. The van der Waals surface area contributed by atoms with Crippen molar-refractivity contribution in [2.45, 2.75) is 190 Å². The maximum absolute atomic E-state index is 8.64. The molecule has 0 atom stereocenters. The predicted octanol–water partition coefficient (Wildman–Crippen LogP) is 26.4. The average molecular weight is 1760 g/mol. The van der Waals surface area contributed by atoms with Crippen LogP contribution in [-0.4, -0.2) is 24.9 Å². The van der Waals surface area contributed by atoms with Crippen molar-refractivity contribution in [2.24, 2.45) is 50.7 Å². The van der Waals surface area contributed by atoms with Gasteiger partial charge in [-0.05, 0) is 255 Å². The SMILES string of the molecule is Cc1c[n+](C)c(-c2c(C)ccc3c2oc2ncccc23)cc1CC(C)C.Cc1ccc2c(n1)oc1c(-c3cc(CC(C)C)c(C)c[n+]3C)c(C)ccc12.[2H]C([2H])([2H])C([2H])(C([2H])([2H])[2H])C([2H])([2H])c1c[n+]2c(cc1C)-c1c(ccc3c1oc1nc(C)ccc13)C2.[2H]C([2H])([2H])C([2H])(C([2H])([2H])[2H])C([2H])([2H])c1c[n+]2c(cc1C)-c1c(ccc3c1oc1ncccc13)C2.[2H]C([2H])(c1c[n+](C)c(-c2c(C)ccc3c2oc2nc(C)ccc23)cc1C)C(C)C. The van der Waals surface area contributed by atoms with Crippen molar-refractivity contribution >= 4 is 110 Å². The van der Waals surface area contributed by atoms with Crippen LogP contribution in [0.1, 0.15) is 197 Å². The molecule has 15 nitrogen and oxygen atoms in total. The van der Waals surface area contributed by atoms with Crippen LogP contribution in [0.5, 0.6) is 0 Å². The van der Waals surface area contributed by atoms with Crippen LogP contribution in [0, 0.1) is 106 Å². The number of aromatic nitrogens is 10. The van der Waals surface area contributed by atoms with E-state index in [1.807, 2.05) is 126 Å². The van der Waals surface area contributed by atoms with Crippen LogP contribution in [0.15, 0.2) is 217 Å². The molecule has 22 rings (SSSR count). The summed E-state index contributed by atoms with van der Waals surface area (Å²) in [6.07, 6.45) is 7.45. The summed E-state index contributed by atoms with van der Waals surface area (Å²) in [6, 6.07) is 50.7. The second-order valence-corrected chi connectivity index (χ2v) is 36.6. The number of benzene rings is 5. The fraction of sp³-hybridized carbons (Fsp3) is 0.310. The Kier molecular flexibility index (Phi) is 18.1. The van der Waals surface area contributed by atoms with Crippen molar-refractivity contribution in [1.82, 2.24) is 24.9 Å². The minimum absolute atomic E-state index is 0.109. The Morgan fingerprint density at radius 1 is 0.313 bits per heavy atom. The molecule has 0 aliphatic carbocycles. The number of hydrogen-bond donors (Lipinski definition) is 0. The van der Waals surface area contributed by atoms with Crippen molar-refractivity contribution in [3.8, 4) is 56.3 Å². The molecular formula is C116H123N10O5+5. The van der Waals surface area contributed by atoms with Crippen molar-refractivity contribution in [3.63, 3.8) is 0 Å². The quantitative estimate of drug-likeness (QED) is 0.102. The monoisotopic (exact) mass is 1760 g/mol. The van der Waals surface area contributed by atoms with Crippen LogP contribution < -0.4 is 22.8 Å². The Morgan fingerprint density at radius 3 is 0.985 bits per heavy atom. The molecule has 2 aliphatic heterocycles. The Morgan fingerprint density at radius 2 is 0.626 bits per heavy atom. The molecule has 17 heterocycles. The number of pyridine rings is 10. The third-order valence-corrected chi connectivity index (χ3v) is 25.1. The van der Waals surface area contributed by atoms with Crippen molar-refractivity contribution in [1.29, 1.82) is 0 Å². The minimum atomic E-state index is -3.40. The Hall–Kier alpha value is -13.4. The Labute approximate surface area is 796 Å². The smallest absolute Gasteiger partial charge is 0.227 e. The zero-order valence-electron chi connectivity index (χ0n) is 98.0. The zero-order valence-corrected chi connectivity index (χ0v) is 78.0. The first-order valence-corrected chi connectivity index (χ1v) is 44.7. The number of hydrogen-bond acceptors (Lipinski definition) is 10. The highest BCUT2D eigenvalue weighted by Gasteiger charge is 2.35. The zero-order chi connectivity index (χ0) is 109. The van der Waals surface area contributed by atoms with Gasteiger partial charge in [0.15, 0.2) is 72.0 Å². The Bertz CT molecular complexity index is 8880. The minimum Gasteiger partial charge on any atom is -0.437 e. The van der Waals surface area contributed by atoms with E-state index in [0.29, 0.717) is 75.8 Å². The van der Waals surface area contributed by atoms with E-state index in [1.165, 1.54) is 57.2 Å². The van der Waals surface area contributed by atoms with Gasteiger partial charge in [-0.1, -0.05) is 117 Å². The van der Waals surface area contributed by atoms with E-state index in [1.54, 1.807) is 47.5 Å². The lowest BCUT2D eigenvalue weighted by molar-refractivity contribution is -0.672. The Balaban J connectivity index is 0.000000124. The fourth-order valence-electron chi connectivity index (χ4n) is 18.8. The number of nitrogens with zero attached hydrogens (tertiary/aromatic N) is 10. The van der Waals surface area contributed by atoms with Crippen LogP contribution in [0.25, 0.3) is 167 Å². The summed E-state index contributed by atoms with van der Waals surface area (Å²) >= 11 is 0. The van der Waals surface area contributed by atoms with Gasteiger partial charge in [-0.2, -0.15) is 9.13 Å². The van der Waals surface area contributed by atoms with Gasteiger partial charge in [0.25, 0.3) is 0 Å². The van der Waals surface area contributed by atoms with Gasteiger partial charge in [-0.3, -0.25) is 0 Å². The normalized spacial score (nSPS) is 15.4. The molecule has 0 saturated heterocycles. The van der Waals surface area contributed by atoms with Gasteiger partial charge in [0.05, 0.1) is 27.8 Å². The van der Waals surface area contributed by atoms with E-state index >= 15 is 0 Å². The summed E-state index contributed by atoms with van der Waals surface area (Å²) in [5.74, 6) is -5.59. The summed E-state index contributed by atoms with van der Waals surface area (Å²) in [6.45, 7) is 21.8. The molecule has 5 aromatic carbocycles. The lowest BCUT2D eigenvalue weighted by Gasteiger charge is -2.11. The first-order valence-electron chi connectivity index (χ1n) is 54.7. The lowest BCUT2D eigenvalue weighted by Crippen LogP contribution is -2.33. The second-order valence-electron chi connectivity index (χ2n) is 36.6. The van der Waals surface area contributed by atoms with E-state index in [-0.39, 0.29) is 17.0 Å². The topological polar surface area (TPSA) is 150 Å². The molecule has 15 heteroatoms. The molecule has 0 bridgehead atoms. The maximum Gasteiger partial charge on any atom is 0.227 e. The molecule has 2 aliphatic rings. The molecule has 0 spiro atoms. The van der Waals surface area contributed by atoms with E-state index < -0.39 is 58.3 Å². The number of aryl methyl sites for hydroxylation is 14. The predicted molar refractivity (Wildman–Crippen MR) is 532 cm³/mol. The number of fused-ring (bicyclic) bond motifs is 23. The molecule has 0 unspecified atom stereocenters. The maximum atomic E-state index is 8.64. The van der Waals surface area contributed by atoms with E-state index in [9.17, 15) is 0 Å². The standard InChI is InChI=1S/2C24H27N2O.C23H23N2O.C23H25N2O.C22H21N2O/c1-14(2)11-18-12-21(26(6)13-16(18)4)22-15(3)7-9-19-20-10-8-17(5)25-24(20)27-23(19)22;1-14(2)11-18-13-26(6)21(12-16(18)4)22-15(3)7-9-19-20-10-8-17(5)25-24(20)27-23(19)22;1-13(2)9-17-12-25-11-16-6-8-18-19-7-5-15(4)24-23(19)26-22(18)21(16)20(25)10-14(17)3;1-14(2)11-17-12-20(25(5)13-16(17)4)21-15(3)8-9-18-19-7-6-10-24-23(19)26-22(18)21;1-13(2)9-16-12-24-11-15-6-7-17-18-5-4-8-23-22(18)25-21(17)20(15)19(24)10-14(16)3/h2*7-10,12-14H,11H2,1-6H3;5-8,10,12-13H,9,11H2,1-4H3;6-10,12-14H,11H2,1-5H3;4-8,10,12-13H,9,11H2,1-3H3/q5*+1/i;11D2;1D3,2D3,9D2,13D;;1D3,2D3,9D2,13D. The molecule has 131 heavy (non-hydrogen) atoms. The third kappa shape index (κ3) is 16.9. The van der Waals surface area contributed by atoms with Gasteiger partial charge < -0.3 is 22.1 Å². The van der Waals surface area contributed by atoms with Crippen LogP contribution in [0.2, 0.25) is 0 Å². The van der Waals surface area contributed by atoms with Gasteiger partial charge in [0.2, 0.25) is 57.0 Å². The first-order chi connectivity index (χ1) is 70.7. The van der Waals surface area contributed by atoms with Crippen molar-refractivity contribution in [2.75, 3.05) is 0 Å². The van der Waals surface area contributed by atoms with E-state index in [4.69, 9.17) is 49.5 Å². The molecule has 0 radical (unpaired) electrons. The van der Waals surface area contributed by atoms with Gasteiger partial charge in [0.1, 0.15) is 21.1 Å². The van der Waals surface area contributed by atoms with E-state index in [2.05, 4.69) is 196 Å². The number of rotatable bonds is 13. The van der Waals surface area contributed by atoms with E-state index in [0.717, 1.165) is 173 Å². The first kappa shape index (κ1) is 66.9. The van der Waals surface area contributed by atoms with Crippen molar-refractivity contribution < 1.29 is 72.3 Å². The van der Waals surface area contributed by atoms with Crippen LogP contribution in [0.4, 0.5) is 0 Å². The second kappa shape index (κ2) is 35.5. The fourth-order valence-corrected chi connectivity index (χ4v) is 18.8. The van der Waals surface area contributed by atoms with Crippen LogP contribution >= 0.6 is 0 Å². The third-order valence-electron chi connectivity index (χ3n) is 25.1. The van der Waals surface area contributed by atoms with Gasteiger partial charge in [-0.15, -0.1) is 0 Å². The molecule has 20 aromatic rings. The van der Waals surface area contributed by atoms with Gasteiger partial charge in [0, 0.05) is 180 Å². The summed E-state index contributed by atoms with van der Waals surface area (Å²) in [4.78, 5) is 22.3. The highest BCUT2D eigenvalue weighted by atomic mass is 16.4. The average Bonchev–Trinajstić information content (AvgIpc) is 1.70. The molecule has 0 amide bonds. The van der Waals surface area contributed by atoms with Crippen molar-refractivity contribution in [3.05, 3.63) is 296 Å². The molecule has 0 saturated carbocycles. The summed E-state index contributed by atoms with van der Waals surface area (Å²) in [7, 11) is 6.20. The summed E-state index contributed by atoms with van der Waals surface area (Å²) in [5, 5.41) is 10.0. The highest BCUT2D eigenvalue weighted by molar-refractivity contribution is 6.13. The molecular weight excluding hydrogens is 1610 g/mol. The van der Waals surface area contributed by atoms with Gasteiger partial charge >= 0.3 is 0 Å². The van der Waals surface area contributed by atoms with Crippen LogP contribution in [0.3, 0.4) is 0 Å². The highest BCUT2D eigenvalue weighted by Crippen LogP contribution is 2.45. The summed E-state index contributed by atoms with van der Waals surface area (Å²) < 4.78 is 202. The lowest BCUT2D eigenvalue weighted by atomic mass is 9.95. The molecule has 0 N–H and O–H groups in total. The van der Waals surface area contributed by atoms with Crippen LogP contribution in [-0.2, 0) is 66.2 Å².